The maximum absolute atomic E-state index is 12.2. The molecule has 9 heteroatoms. The van der Waals surface area contributed by atoms with Crippen LogP contribution in [0.4, 0.5) is 8.78 Å². The quantitative estimate of drug-likeness (QED) is 0.383. The highest BCUT2D eigenvalue weighted by Gasteiger charge is 2.15. The number of alkyl halides is 2. The Labute approximate surface area is 147 Å². The van der Waals surface area contributed by atoms with Crippen LogP contribution in [0.5, 0.6) is 5.75 Å². The van der Waals surface area contributed by atoms with Crippen LogP contribution >= 0.6 is 11.8 Å². The molecule has 1 aromatic heterocycles. The van der Waals surface area contributed by atoms with E-state index in [4.69, 9.17) is 4.74 Å². The van der Waals surface area contributed by atoms with Crippen molar-refractivity contribution in [2.24, 2.45) is 0 Å². The minimum absolute atomic E-state index is 0.0606. The molecule has 0 unspecified atom stereocenters. The molecule has 134 valence electrons. The smallest absolute Gasteiger partial charge is 0.387 e. The molecule has 0 aliphatic carbocycles. The minimum atomic E-state index is -2.87. The van der Waals surface area contributed by atoms with Gasteiger partial charge in [-0.2, -0.15) is 8.78 Å². The number of hydrogen-bond acceptors (Lipinski definition) is 6. The highest BCUT2D eigenvalue weighted by atomic mass is 32.2. The van der Waals surface area contributed by atoms with Crippen LogP contribution in [0.25, 0.3) is 11.4 Å². The van der Waals surface area contributed by atoms with E-state index in [-0.39, 0.29) is 17.5 Å². The summed E-state index contributed by atoms with van der Waals surface area (Å²) in [4.78, 5) is 11.5. The van der Waals surface area contributed by atoms with Gasteiger partial charge in [0.1, 0.15) is 5.75 Å². The molecule has 0 atom stereocenters. The standard InChI is InChI=1S/C16H17F2N3O3S/c1-3-9-21-14(11-5-7-12(8-6-11)24-15(17)18)19-20-16(21)25-10-13(22)23-4-2/h3,5-8,15H,1,4,9-10H2,2H3. The van der Waals surface area contributed by atoms with Crippen LogP contribution in [0, 0.1) is 0 Å². The van der Waals surface area contributed by atoms with E-state index in [0.29, 0.717) is 29.7 Å². The first-order valence-corrected chi connectivity index (χ1v) is 8.41. The number of benzene rings is 1. The molecule has 0 saturated heterocycles. The second-order valence-corrected chi connectivity index (χ2v) is 5.64. The Morgan fingerprint density at radius 3 is 2.68 bits per heavy atom. The van der Waals surface area contributed by atoms with Crippen molar-refractivity contribution in [1.82, 2.24) is 14.8 Å². The zero-order valence-electron chi connectivity index (χ0n) is 13.5. The summed E-state index contributed by atoms with van der Waals surface area (Å²) in [5.41, 5.74) is 0.680. The zero-order valence-corrected chi connectivity index (χ0v) is 14.3. The van der Waals surface area contributed by atoms with Crippen LogP contribution in [0.3, 0.4) is 0 Å². The summed E-state index contributed by atoms with van der Waals surface area (Å²) in [6, 6.07) is 6.09. The molecule has 0 aliphatic heterocycles. The molecule has 0 N–H and O–H groups in total. The largest absolute Gasteiger partial charge is 0.465 e. The molecule has 1 heterocycles. The van der Waals surface area contributed by atoms with Crippen molar-refractivity contribution >= 4 is 17.7 Å². The molecule has 0 amide bonds. The Morgan fingerprint density at radius 1 is 1.36 bits per heavy atom. The number of aromatic nitrogens is 3. The van der Waals surface area contributed by atoms with E-state index < -0.39 is 6.61 Å². The summed E-state index contributed by atoms with van der Waals surface area (Å²) < 4.78 is 35.4. The van der Waals surface area contributed by atoms with Crippen LogP contribution in [0.2, 0.25) is 0 Å². The average molecular weight is 369 g/mol. The molecule has 1 aromatic carbocycles. The predicted molar refractivity (Wildman–Crippen MR) is 89.6 cm³/mol. The van der Waals surface area contributed by atoms with Crippen molar-refractivity contribution in [3.63, 3.8) is 0 Å². The summed E-state index contributed by atoms with van der Waals surface area (Å²) in [6.45, 7) is 3.32. The number of esters is 1. The van der Waals surface area contributed by atoms with Crippen molar-refractivity contribution in [3.05, 3.63) is 36.9 Å². The Hall–Kier alpha value is -2.42. The summed E-state index contributed by atoms with van der Waals surface area (Å²) in [5.74, 6) is 0.376. The number of thioether (sulfide) groups is 1. The van der Waals surface area contributed by atoms with Gasteiger partial charge in [0.05, 0.1) is 12.4 Å². The molecule has 0 spiro atoms. The highest BCUT2D eigenvalue weighted by molar-refractivity contribution is 7.99. The van der Waals surface area contributed by atoms with Crippen LogP contribution in [0.15, 0.2) is 42.1 Å². The fraction of sp³-hybridized carbons (Fsp3) is 0.312. The van der Waals surface area contributed by atoms with Gasteiger partial charge in [-0.15, -0.1) is 16.8 Å². The van der Waals surface area contributed by atoms with E-state index >= 15 is 0 Å². The molecule has 2 aromatic rings. The molecule has 25 heavy (non-hydrogen) atoms. The fourth-order valence-corrected chi connectivity index (χ4v) is 2.76. The number of carbonyl (C=O) groups is 1. The normalized spacial score (nSPS) is 10.7. The summed E-state index contributed by atoms with van der Waals surface area (Å²) in [6.07, 6.45) is 1.68. The van der Waals surface area contributed by atoms with Gasteiger partial charge in [0, 0.05) is 12.1 Å². The third-order valence-corrected chi connectivity index (χ3v) is 3.93. The van der Waals surface area contributed by atoms with Gasteiger partial charge in [-0.05, 0) is 31.2 Å². The van der Waals surface area contributed by atoms with Crippen molar-refractivity contribution < 1.29 is 23.0 Å². The van der Waals surface area contributed by atoms with E-state index in [9.17, 15) is 13.6 Å². The lowest BCUT2D eigenvalue weighted by Crippen LogP contribution is -2.08. The number of allylic oxidation sites excluding steroid dienone is 1. The topological polar surface area (TPSA) is 66.2 Å². The van der Waals surface area contributed by atoms with Gasteiger partial charge < -0.3 is 9.47 Å². The third kappa shape index (κ3) is 5.28. The third-order valence-electron chi connectivity index (χ3n) is 2.99. The molecule has 0 bridgehead atoms. The van der Waals surface area contributed by atoms with Crippen LogP contribution in [0.1, 0.15) is 6.92 Å². The molecule has 2 rings (SSSR count). The summed E-state index contributed by atoms with van der Waals surface area (Å²) >= 11 is 1.21. The van der Waals surface area contributed by atoms with Crippen LogP contribution in [-0.4, -0.2) is 39.7 Å². The SMILES string of the molecule is C=CCn1c(SCC(=O)OCC)nnc1-c1ccc(OC(F)F)cc1. The van der Waals surface area contributed by atoms with Gasteiger partial charge >= 0.3 is 12.6 Å². The van der Waals surface area contributed by atoms with Crippen LogP contribution in [-0.2, 0) is 16.1 Å². The van der Waals surface area contributed by atoms with Gasteiger partial charge in [-0.3, -0.25) is 9.36 Å². The number of carbonyl (C=O) groups excluding carboxylic acids is 1. The molecule has 6 nitrogen and oxygen atoms in total. The van der Waals surface area contributed by atoms with E-state index in [0.717, 1.165) is 0 Å². The lowest BCUT2D eigenvalue weighted by molar-refractivity contribution is -0.139. The number of hydrogen-bond donors (Lipinski definition) is 0. The second-order valence-electron chi connectivity index (χ2n) is 4.70. The predicted octanol–water partition coefficient (Wildman–Crippen LogP) is 3.39. The summed E-state index contributed by atoms with van der Waals surface area (Å²) in [7, 11) is 0. The van der Waals surface area contributed by atoms with E-state index in [2.05, 4.69) is 21.5 Å². The fourth-order valence-electron chi connectivity index (χ4n) is 2.01. The van der Waals surface area contributed by atoms with E-state index in [1.807, 2.05) is 0 Å². The maximum atomic E-state index is 12.2. The number of halogens is 2. The molecule has 0 aliphatic rings. The van der Waals surface area contributed by atoms with Crippen molar-refractivity contribution in [3.8, 4) is 17.1 Å². The van der Waals surface area contributed by atoms with Gasteiger partial charge in [-0.1, -0.05) is 17.8 Å². The second kappa shape index (κ2) is 9.16. The Kier molecular flexibility index (Phi) is 6.93. The molecule has 0 fully saturated rings. The number of ether oxygens (including phenoxy) is 2. The zero-order chi connectivity index (χ0) is 18.2. The maximum Gasteiger partial charge on any atom is 0.387 e. The van der Waals surface area contributed by atoms with E-state index in [1.54, 1.807) is 29.7 Å². The number of rotatable bonds is 9. The lowest BCUT2D eigenvalue weighted by Gasteiger charge is -2.08. The van der Waals surface area contributed by atoms with Gasteiger partial charge in [0.15, 0.2) is 11.0 Å². The summed E-state index contributed by atoms with van der Waals surface area (Å²) in [5, 5.41) is 8.74. The molecule has 0 radical (unpaired) electrons. The molecular weight excluding hydrogens is 352 g/mol. The lowest BCUT2D eigenvalue weighted by atomic mass is 10.2. The van der Waals surface area contributed by atoms with Crippen LogP contribution < -0.4 is 4.74 Å². The Morgan fingerprint density at radius 2 is 2.08 bits per heavy atom. The van der Waals surface area contributed by atoms with Gasteiger partial charge in [0.25, 0.3) is 0 Å². The van der Waals surface area contributed by atoms with Crippen molar-refractivity contribution in [2.45, 2.75) is 25.2 Å². The van der Waals surface area contributed by atoms with Crippen molar-refractivity contribution in [1.29, 1.82) is 0 Å². The number of nitrogens with zero attached hydrogens (tertiary/aromatic N) is 3. The first-order valence-electron chi connectivity index (χ1n) is 7.43. The van der Waals surface area contributed by atoms with Crippen molar-refractivity contribution in [2.75, 3.05) is 12.4 Å². The highest BCUT2D eigenvalue weighted by Crippen LogP contribution is 2.26. The minimum Gasteiger partial charge on any atom is -0.465 e. The molecular formula is C16H17F2N3O3S. The molecule has 0 saturated carbocycles. The van der Waals surface area contributed by atoms with Gasteiger partial charge in [0.2, 0.25) is 0 Å². The van der Waals surface area contributed by atoms with E-state index in [1.165, 1.54) is 23.9 Å². The Balaban J connectivity index is 2.20. The Bertz CT molecular complexity index is 720. The first kappa shape index (κ1) is 18.9. The average Bonchev–Trinajstić information content (AvgIpc) is 2.97. The monoisotopic (exact) mass is 369 g/mol. The van der Waals surface area contributed by atoms with Gasteiger partial charge in [-0.25, -0.2) is 0 Å². The first-order chi connectivity index (χ1) is 12.0.